The molecule has 0 radical (unpaired) electrons. The van der Waals surface area contributed by atoms with Crippen LogP contribution in [0.2, 0.25) is 0 Å². The molecule has 0 aliphatic rings. The van der Waals surface area contributed by atoms with Crippen LogP contribution in [0.25, 0.3) is 0 Å². The second-order valence-corrected chi connectivity index (χ2v) is 2.57. The highest BCUT2D eigenvalue weighted by Gasteiger charge is 2.34. The van der Waals surface area contributed by atoms with Crippen LogP contribution in [0.3, 0.4) is 0 Å². The quantitative estimate of drug-likeness (QED) is 0.719. The highest BCUT2D eigenvalue weighted by Crippen LogP contribution is 2.25. The Labute approximate surface area is 77.3 Å². The van der Waals surface area contributed by atoms with E-state index in [0.29, 0.717) is 12.6 Å². The van der Waals surface area contributed by atoms with Crippen molar-refractivity contribution in [2.45, 2.75) is 26.3 Å². The summed E-state index contributed by atoms with van der Waals surface area (Å²) in [6.07, 6.45) is -3.67. The summed E-state index contributed by atoms with van der Waals surface area (Å²) < 4.78 is 52.4. The Morgan fingerprint density at radius 2 is 2.14 bits per heavy atom. The molecule has 1 heterocycles. The van der Waals surface area contributed by atoms with Crippen molar-refractivity contribution in [2.75, 3.05) is 0 Å². The Morgan fingerprint density at radius 3 is 2.64 bits per heavy atom. The molecule has 1 aromatic rings. The summed E-state index contributed by atoms with van der Waals surface area (Å²) in [6, 6.07) is 0. The van der Waals surface area contributed by atoms with Gasteiger partial charge in [0.25, 0.3) is 5.88 Å². The molecule has 0 aliphatic carbocycles. The largest absolute Gasteiger partial charge is 0.574 e. The van der Waals surface area contributed by atoms with Crippen LogP contribution in [0.15, 0.2) is 6.20 Å². The van der Waals surface area contributed by atoms with Crippen LogP contribution in [0.5, 0.6) is 5.88 Å². The van der Waals surface area contributed by atoms with Crippen molar-refractivity contribution in [2.24, 2.45) is 0 Å². The standard InChI is InChI=1S/C7H8F4N2O/c1-2-3-13-6(5(8)4-12-13)14-7(9,10)11/h4H,2-3H2,1H3. The minimum Gasteiger partial charge on any atom is -0.385 e. The number of nitrogens with zero attached hydrogens (tertiary/aromatic N) is 2. The Kier molecular flexibility index (Phi) is 2.97. The molecule has 1 aromatic heterocycles. The summed E-state index contributed by atoms with van der Waals surface area (Å²) in [6.45, 7) is 1.91. The van der Waals surface area contributed by atoms with Gasteiger partial charge in [-0.3, -0.25) is 0 Å². The van der Waals surface area contributed by atoms with E-state index in [4.69, 9.17) is 0 Å². The van der Waals surface area contributed by atoms with E-state index in [9.17, 15) is 17.6 Å². The van der Waals surface area contributed by atoms with E-state index in [1.54, 1.807) is 6.92 Å². The molecule has 0 saturated heterocycles. The van der Waals surface area contributed by atoms with Crippen molar-refractivity contribution in [1.82, 2.24) is 9.78 Å². The normalized spacial score (nSPS) is 11.8. The van der Waals surface area contributed by atoms with Crippen molar-refractivity contribution < 1.29 is 22.3 Å². The first-order chi connectivity index (χ1) is 6.44. The molecule has 3 nitrogen and oxygen atoms in total. The molecule has 0 N–H and O–H groups in total. The predicted molar refractivity (Wildman–Crippen MR) is 39.2 cm³/mol. The van der Waals surface area contributed by atoms with E-state index in [-0.39, 0.29) is 6.54 Å². The number of aromatic nitrogens is 2. The third-order valence-electron chi connectivity index (χ3n) is 1.40. The molecule has 0 aromatic carbocycles. The molecule has 0 amide bonds. The van der Waals surface area contributed by atoms with Crippen LogP contribution in [0, 0.1) is 5.82 Å². The number of halogens is 4. The maximum Gasteiger partial charge on any atom is 0.574 e. The Balaban J connectivity index is 2.88. The van der Waals surface area contributed by atoms with E-state index in [1.807, 2.05) is 0 Å². The fourth-order valence-corrected chi connectivity index (χ4v) is 0.933. The molecule has 0 fully saturated rings. The van der Waals surface area contributed by atoms with Gasteiger partial charge in [-0.2, -0.15) is 9.49 Å². The molecule has 0 bridgehead atoms. The number of aryl methyl sites for hydroxylation is 1. The topological polar surface area (TPSA) is 27.1 Å². The van der Waals surface area contributed by atoms with Crippen molar-refractivity contribution in [3.63, 3.8) is 0 Å². The zero-order chi connectivity index (χ0) is 10.8. The first kappa shape index (κ1) is 10.8. The van der Waals surface area contributed by atoms with Gasteiger partial charge >= 0.3 is 6.36 Å². The first-order valence-electron chi connectivity index (χ1n) is 3.91. The van der Waals surface area contributed by atoms with Gasteiger partial charge in [-0.15, -0.1) is 13.2 Å². The Hall–Kier alpha value is -1.27. The second kappa shape index (κ2) is 3.85. The minimum atomic E-state index is -4.90. The molecule has 0 unspecified atom stereocenters. The SMILES string of the molecule is CCCn1ncc(F)c1OC(F)(F)F. The van der Waals surface area contributed by atoms with Gasteiger partial charge in [0.05, 0.1) is 6.20 Å². The molecular formula is C7H8F4N2O. The average Bonchev–Trinajstić information content (AvgIpc) is 2.34. The van der Waals surface area contributed by atoms with Gasteiger partial charge in [-0.1, -0.05) is 6.92 Å². The molecule has 0 spiro atoms. The van der Waals surface area contributed by atoms with Crippen molar-refractivity contribution >= 4 is 0 Å². The van der Waals surface area contributed by atoms with Gasteiger partial charge in [0, 0.05) is 6.54 Å². The monoisotopic (exact) mass is 212 g/mol. The van der Waals surface area contributed by atoms with Gasteiger partial charge < -0.3 is 4.74 Å². The number of rotatable bonds is 3. The van der Waals surface area contributed by atoms with Crippen LogP contribution in [-0.2, 0) is 6.54 Å². The van der Waals surface area contributed by atoms with Crippen LogP contribution in [-0.4, -0.2) is 16.1 Å². The van der Waals surface area contributed by atoms with E-state index in [0.717, 1.165) is 4.68 Å². The number of ether oxygens (including phenoxy) is 1. The third kappa shape index (κ3) is 2.61. The zero-order valence-electron chi connectivity index (χ0n) is 7.31. The van der Waals surface area contributed by atoms with Gasteiger partial charge in [0.15, 0.2) is 0 Å². The summed E-state index contributed by atoms with van der Waals surface area (Å²) in [5.74, 6) is -2.00. The van der Waals surface area contributed by atoms with Gasteiger partial charge in [0.1, 0.15) is 0 Å². The van der Waals surface area contributed by atoms with E-state index < -0.39 is 18.1 Å². The molecule has 7 heteroatoms. The lowest BCUT2D eigenvalue weighted by molar-refractivity contribution is -0.278. The maximum absolute atomic E-state index is 12.8. The maximum atomic E-state index is 12.8. The lowest BCUT2D eigenvalue weighted by Gasteiger charge is -2.10. The van der Waals surface area contributed by atoms with Crippen molar-refractivity contribution in [3.8, 4) is 5.88 Å². The van der Waals surface area contributed by atoms with E-state index in [1.165, 1.54) is 0 Å². The molecular weight excluding hydrogens is 204 g/mol. The summed E-state index contributed by atoms with van der Waals surface area (Å²) in [5.41, 5.74) is 0. The summed E-state index contributed by atoms with van der Waals surface area (Å²) in [4.78, 5) is 0. The van der Waals surface area contributed by atoms with Crippen molar-refractivity contribution in [1.29, 1.82) is 0 Å². The van der Waals surface area contributed by atoms with E-state index in [2.05, 4.69) is 9.84 Å². The molecule has 1 rings (SSSR count). The fraction of sp³-hybridized carbons (Fsp3) is 0.571. The zero-order valence-corrected chi connectivity index (χ0v) is 7.31. The Bertz CT molecular complexity index is 307. The number of hydrogen-bond donors (Lipinski definition) is 0. The van der Waals surface area contributed by atoms with Crippen LogP contribution in [0.1, 0.15) is 13.3 Å². The molecule has 80 valence electrons. The van der Waals surface area contributed by atoms with Crippen LogP contribution >= 0.6 is 0 Å². The summed E-state index contributed by atoms with van der Waals surface area (Å²) in [7, 11) is 0. The van der Waals surface area contributed by atoms with Crippen molar-refractivity contribution in [3.05, 3.63) is 12.0 Å². The fourth-order valence-electron chi connectivity index (χ4n) is 0.933. The summed E-state index contributed by atoms with van der Waals surface area (Å²) in [5, 5.41) is 3.41. The Morgan fingerprint density at radius 1 is 1.50 bits per heavy atom. The number of hydrogen-bond acceptors (Lipinski definition) is 2. The number of alkyl halides is 3. The van der Waals surface area contributed by atoms with Gasteiger partial charge in [-0.25, -0.2) is 4.68 Å². The highest BCUT2D eigenvalue weighted by atomic mass is 19.4. The first-order valence-corrected chi connectivity index (χ1v) is 3.91. The van der Waals surface area contributed by atoms with Gasteiger partial charge in [-0.05, 0) is 6.42 Å². The van der Waals surface area contributed by atoms with Gasteiger partial charge in [0.2, 0.25) is 5.82 Å². The lowest BCUT2D eigenvalue weighted by atomic mass is 10.5. The highest BCUT2D eigenvalue weighted by molar-refractivity contribution is 5.11. The smallest absolute Gasteiger partial charge is 0.385 e. The second-order valence-electron chi connectivity index (χ2n) is 2.57. The predicted octanol–water partition coefficient (Wildman–Crippen LogP) is 2.33. The molecule has 0 aliphatic heterocycles. The van der Waals surface area contributed by atoms with Crippen LogP contribution < -0.4 is 4.74 Å². The molecule has 0 saturated carbocycles. The van der Waals surface area contributed by atoms with E-state index >= 15 is 0 Å². The average molecular weight is 212 g/mol. The lowest BCUT2D eigenvalue weighted by Crippen LogP contribution is -2.20. The van der Waals surface area contributed by atoms with Crippen LogP contribution in [0.4, 0.5) is 17.6 Å². The molecule has 14 heavy (non-hydrogen) atoms. The molecule has 0 atom stereocenters. The summed E-state index contributed by atoms with van der Waals surface area (Å²) >= 11 is 0. The minimum absolute atomic E-state index is 0.176. The third-order valence-corrected chi connectivity index (χ3v) is 1.40.